The molecule has 0 aliphatic heterocycles. The third-order valence-corrected chi connectivity index (χ3v) is 2.58. The zero-order valence-electron chi connectivity index (χ0n) is 10.6. The van der Waals surface area contributed by atoms with Gasteiger partial charge in [-0.25, -0.2) is 0 Å². The Morgan fingerprint density at radius 3 is 2.47 bits per heavy atom. The maximum Gasteiger partial charge on any atom is 0.387 e. The summed E-state index contributed by atoms with van der Waals surface area (Å²) in [6, 6.07) is 5.50. The van der Waals surface area contributed by atoms with Crippen molar-refractivity contribution in [2.45, 2.75) is 39.0 Å². The van der Waals surface area contributed by atoms with Crippen molar-refractivity contribution in [2.75, 3.05) is 0 Å². The van der Waals surface area contributed by atoms with Crippen molar-refractivity contribution in [2.24, 2.45) is 0 Å². The second-order valence-corrected chi connectivity index (χ2v) is 4.08. The summed E-state index contributed by atoms with van der Waals surface area (Å²) in [4.78, 5) is 10.9. The molecule has 0 aliphatic rings. The van der Waals surface area contributed by atoms with E-state index in [4.69, 9.17) is 5.11 Å². The highest BCUT2D eigenvalue weighted by Gasteiger charge is 2.15. The molecule has 2 N–H and O–H groups in total. The molecule has 0 aromatic heterocycles. The topological polar surface area (TPSA) is 58.6 Å². The molecule has 0 saturated carbocycles. The lowest BCUT2D eigenvalue weighted by atomic mass is 10.1. The lowest BCUT2D eigenvalue weighted by molar-refractivity contribution is -0.139. The number of carbonyl (C=O) groups is 1. The zero-order chi connectivity index (χ0) is 14.3. The van der Waals surface area contributed by atoms with Gasteiger partial charge >= 0.3 is 12.6 Å². The summed E-state index contributed by atoms with van der Waals surface area (Å²) in [5, 5.41) is 11.9. The highest BCUT2D eigenvalue weighted by Crippen LogP contribution is 2.15. The van der Waals surface area contributed by atoms with Gasteiger partial charge in [0, 0.05) is 6.54 Å². The Hall–Kier alpha value is -1.69. The van der Waals surface area contributed by atoms with E-state index in [0.717, 1.165) is 12.0 Å². The fourth-order valence-corrected chi connectivity index (χ4v) is 1.63. The van der Waals surface area contributed by atoms with Crippen LogP contribution in [0.1, 0.15) is 25.3 Å². The summed E-state index contributed by atoms with van der Waals surface area (Å²) in [6.07, 6.45) is 1.31. The van der Waals surface area contributed by atoms with Crippen molar-refractivity contribution in [3.63, 3.8) is 0 Å². The first-order chi connectivity index (χ1) is 9.02. The molecule has 0 saturated heterocycles. The minimum atomic E-state index is -2.84. The minimum Gasteiger partial charge on any atom is -0.480 e. The molecule has 1 rings (SSSR count). The Kier molecular flexibility index (Phi) is 6.21. The fourth-order valence-electron chi connectivity index (χ4n) is 1.63. The average molecular weight is 273 g/mol. The lowest BCUT2D eigenvalue weighted by Crippen LogP contribution is -2.35. The number of carboxylic acids is 1. The van der Waals surface area contributed by atoms with E-state index in [2.05, 4.69) is 10.1 Å². The Morgan fingerprint density at radius 1 is 1.37 bits per heavy atom. The smallest absolute Gasteiger partial charge is 0.387 e. The van der Waals surface area contributed by atoms with Crippen LogP contribution >= 0.6 is 0 Å². The van der Waals surface area contributed by atoms with Gasteiger partial charge in [0.1, 0.15) is 11.8 Å². The van der Waals surface area contributed by atoms with E-state index >= 15 is 0 Å². The van der Waals surface area contributed by atoms with Gasteiger partial charge in [0.2, 0.25) is 0 Å². The summed E-state index contributed by atoms with van der Waals surface area (Å²) in [6.45, 7) is -0.565. The Balaban J connectivity index is 2.50. The second kappa shape index (κ2) is 7.68. The standard InChI is InChI=1S/C13H17F2NO3/c1-2-3-11(12(17)18)16-8-9-4-6-10(7-5-9)19-13(14)15/h4-7,11,13,16H,2-3,8H2,1H3,(H,17,18). The van der Waals surface area contributed by atoms with Crippen LogP contribution in [-0.4, -0.2) is 23.7 Å². The SMILES string of the molecule is CCCC(NCc1ccc(OC(F)F)cc1)C(=O)O. The average Bonchev–Trinajstić information content (AvgIpc) is 2.35. The summed E-state index contributed by atoms with van der Waals surface area (Å²) < 4.78 is 28.1. The number of nitrogens with one attached hydrogen (secondary N) is 1. The van der Waals surface area contributed by atoms with Crippen molar-refractivity contribution >= 4 is 5.97 Å². The molecule has 0 radical (unpaired) electrons. The quantitative estimate of drug-likeness (QED) is 0.764. The first-order valence-electron chi connectivity index (χ1n) is 6.03. The molecule has 19 heavy (non-hydrogen) atoms. The van der Waals surface area contributed by atoms with Crippen LogP contribution in [0.4, 0.5) is 8.78 Å². The van der Waals surface area contributed by atoms with Crippen molar-refractivity contribution in [3.8, 4) is 5.75 Å². The first-order valence-corrected chi connectivity index (χ1v) is 6.03. The monoisotopic (exact) mass is 273 g/mol. The van der Waals surface area contributed by atoms with Gasteiger partial charge in [0.05, 0.1) is 0 Å². The normalized spacial score (nSPS) is 12.4. The largest absolute Gasteiger partial charge is 0.480 e. The number of aliphatic carboxylic acids is 1. The van der Waals surface area contributed by atoms with Gasteiger partial charge in [-0.15, -0.1) is 0 Å². The zero-order valence-corrected chi connectivity index (χ0v) is 10.6. The van der Waals surface area contributed by atoms with Gasteiger partial charge in [0.15, 0.2) is 0 Å². The predicted octanol–water partition coefficient (Wildman–Crippen LogP) is 2.63. The number of rotatable bonds is 8. The van der Waals surface area contributed by atoms with E-state index in [1.54, 1.807) is 12.1 Å². The van der Waals surface area contributed by atoms with Gasteiger partial charge in [-0.2, -0.15) is 8.78 Å². The number of hydrogen-bond acceptors (Lipinski definition) is 3. The predicted molar refractivity (Wildman–Crippen MR) is 66.2 cm³/mol. The van der Waals surface area contributed by atoms with E-state index in [0.29, 0.717) is 13.0 Å². The molecule has 4 nitrogen and oxygen atoms in total. The molecule has 106 valence electrons. The van der Waals surface area contributed by atoms with Crippen LogP contribution in [0.25, 0.3) is 0 Å². The van der Waals surface area contributed by atoms with Gasteiger partial charge in [0.25, 0.3) is 0 Å². The molecule has 6 heteroatoms. The molecule has 1 aromatic rings. The molecule has 1 aromatic carbocycles. The van der Waals surface area contributed by atoms with Crippen molar-refractivity contribution < 1.29 is 23.4 Å². The van der Waals surface area contributed by atoms with Crippen LogP contribution < -0.4 is 10.1 Å². The van der Waals surface area contributed by atoms with Crippen molar-refractivity contribution in [1.29, 1.82) is 0 Å². The van der Waals surface area contributed by atoms with E-state index in [-0.39, 0.29) is 5.75 Å². The van der Waals surface area contributed by atoms with Crippen LogP contribution in [0.5, 0.6) is 5.75 Å². The third kappa shape index (κ3) is 5.65. The number of halogens is 2. The fraction of sp³-hybridized carbons (Fsp3) is 0.462. The van der Waals surface area contributed by atoms with E-state index < -0.39 is 18.6 Å². The molecule has 0 aliphatic carbocycles. The van der Waals surface area contributed by atoms with E-state index in [1.165, 1.54) is 12.1 Å². The van der Waals surface area contributed by atoms with Gasteiger partial charge < -0.3 is 15.2 Å². The Labute approximate surface area is 110 Å². The maximum absolute atomic E-state index is 11.9. The molecular formula is C13H17F2NO3. The molecule has 0 fully saturated rings. The number of alkyl halides is 2. The van der Waals surface area contributed by atoms with E-state index in [1.807, 2.05) is 6.92 Å². The first kappa shape index (κ1) is 15.4. The van der Waals surface area contributed by atoms with Gasteiger partial charge in [-0.1, -0.05) is 25.5 Å². The Bertz CT molecular complexity index is 395. The van der Waals surface area contributed by atoms with Crippen molar-refractivity contribution in [1.82, 2.24) is 5.32 Å². The number of ether oxygens (including phenoxy) is 1. The van der Waals surface area contributed by atoms with E-state index in [9.17, 15) is 13.6 Å². The molecule has 1 atom stereocenters. The Morgan fingerprint density at radius 2 is 2.00 bits per heavy atom. The van der Waals surface area contributed by atoms with Crippen molar-refractivity contribution in [3.05, 3.63) is 29.8 Å². The lowest BCUT2D eigenvalue weighted by Gasteiger charge is -2.13. The molecule has 0 amide bonds. The number of carboxylic acid groups (broad SMARTS) is 1. The van der Waals surface area contributed by atoms with Crippen LogP contribution in [0, 0.1) is 0 Å². The van der Waals surface area contributed by atoms with Gasteiger partial charge in [-0.3, -0.25) is 4.79 Å². The number of benzene rings is 1. The summed E-state index contributed by atoms with van der Waals surface area (Å²) >= 11 is 0. The van der Waals surface area contributed by atoms with Crippen LogP contribution in [-0.2, 0) is 11.3 Å². The highest BCUT2D eigenvalue weighted by molar-refractivity contribution is 5.73. The minimum absolute atomic E-state index is 0.0853. The summed E-state index contributed by atoms with van der Waals surface area (Å²) in [5.41, 5.74) is 0.809. The van der Waals surface area contributed by atoms with Crippen LogP contribution in [0.3, 0.4) is 0 Å². The highest BCUT2D eigenvalue weighted by atomic mass is 19.3. The summed E-state index contributed by atoms with van der Waals surface area (Å²) in [5.74, 6) is -0.804. The third-order valence-electron chi connectivity index (χ3n) is 2.58. The second-order valence-electron chi connectivity index (χ2n) is 4.08. The molecule has 0 spiro atoms. The van der Waals surface area contributed by atoms with Gasteiger partial charge in [-0.05, 0) is 24.1 Å². The number of hydrogen-bond donors (Lipinski definition) is 2. The molecule has 0 heterocycles. The molecular weight excluding hydrogens is 256 g/mol. The summed E-state index contributed by atoms with van der Waals surface area (Å²) in [7, 11) is 0. The van der Waals surface area contributed by atoms with Crippen LogP contribution in [0.15, 0.2) is 24.3 Å². The molecule has 1 unspecified atom stereocenters. The maximum atomic E-state index is 11.9. The molecule has 0 bridgehead atoms. The van der Waals surface area contributed by atoms with Crippen LogP contribution in [0.2, 0.25) is 0 Å².